The molecule has 2 aromatic heterocycles. The highest BCUT2D eigenvalue weighted by atomic mass is 35.5. The van der Waals surface area contributed by atoms with E-state index in [-0.39, 0.29) is 11.5 Å². The number of hydrogen-bond acceptors (Lipinski definition) is 7. The maximum atomic E-state index is 12.3. The average molecular weight is 415 g/mol. The molecule has 25 heavy (non-hydrogen) atoms. The Bertz CT molecular complexity index is 880. The zero-order valence-electron chi connectivity index (χ0n) is 13.0. The molecule has 2 heterocycles. The highest BCUT2D eigenvalue weighted by Gasteiger charge is 2.16. The van der Waals surface area contributed by atoms with E-state index in [2.05, 4.69) is 15.5 Å². The lowest BCUT2D eigenvalue weighted by atomic mass is 10.2. The summed E-state index contributed by atoms with van der Waals surface area (Å²) in [5.74, 6) is 0.847. The summed E-state index contributed by atoms with van der Waals surface area (Å²) in [6, 6.07) is 9.20. The molecule has 0 saturated carbocycles. The summed E-state index contributed by atoms with van der Waals surface area (Å²) in [5.41, 5.74) is 1.45. The van der Waals surface area contributed by atoms with Crippen molar-refractivity contribution in [2.45, 2.75) is 11.7 Å². The minimum Gasteiger partial charge on any atom is -0.497 e. The molecule has 0 amide bonds. The number of halogens is 2. The van der Waals surface area contributed by atoms with Crippen LogP contribution in [-0.2, 0) is 6.54 Å². The van der Waals surface area contributed by atoms with Crippen molar-refractivity contribution in [3.8, 4) is 5.75 Å². The van der Waals surface area contributed by atoms with Crippen LogP contribution in [0.25, 0.3) is 0 Å². The number of rotatable bonds is 7. The molecule has 0 aliphatic heterocycles. The van der Waals surface area contributed by atoms with Crippen molar-refractivity contribution in [3.63, 3.8) is 0 Å². The minimum atomic E-state index is -0.114. The number of tetrazole rings is 1. The van der Waals surface area contributed by atoms with Crippen LogP contribution in [0.15, 0.2) is 35.5 Å². The van der Waals surface area contributed by atoms with Gasteiger partial charge in [-0.2, -0.15) is 0 Å². The van der Waals surface area contributed by atoms with Gasteiger partial charge in [-0.1, -0.05) is 47.1 Å². The molecule has 0 fully saturated rings. The highest BCUT2D eigenvalue weighted by Crippen LogP contribution is 2.32. The molecule has 0 unspecified atom stereocenters. The highest BCUT2D eigenvalue weighted by molar-refractivity contribution is 7.99. The van der Waals surface area contributed by atoms with E-state index in [0.29, 0.717) is 25.9 Å². The van der Waals surface area contributed by atoms with Crippen LogP contribution in [-0.4, -0.2) is 38.9 Å². The number of carbonyl (C=O) groups is 1. The average Bonchev–Trinajstić information content (AvgIpc) is 3.19. The molecular formula is C15H12Cl2N4O2S2. The van der Waals surface area contributed by atoms with Gasteiger partial charge in [-0.05, 0) is 34.2 Å². The third kappa shape index (κ3) is 4.52. The number of hydrogen-bond donors (Lipinski definition) is 0. The summed E-state index contributed by atoms with van der Waals surface area (Å²) < 4.78 is 7.66. The fourth-order valence-electron chi connectivity index (χ4n) is 2.04. The number of thioether (sulfide) groups is 1. The van der Waals surface area contributed by atoms with Crippen molar-refractivity contribution in [2.75, 3.05) is 12.9 Å². The largest absolute Gasteiger partial charge is 0.497 e. The first-order valence-corrected chi connectivity index (χ1v) is 9.62. The molecule has 0 saturated heterocycles. The van der Waals surface area contributed by atoms with E-state index in [1.54, 1.807) is 17.9 Å². The molecule has 0 aliphatic rings. The Hall–Kier alpha value is -1.61. The van der Waals surface area contributed by atoms with Crippen LogP contribution in [0.5, 0.6) is 5.75 Å². The lowest BCUT2D eigenvalue weighted by Crippen LogP contribution is -2.06. The van der Waals surface area contributed by atoms with Crippen LogP contribution in [0.3, 0.4) is 0 Å². The third-order valence-electron chi connectivity index (χ3n) is 3.28. The normalized spacial score (nSPS) is 10.8. The molecule has 10 heteroatoms. The summed E-state index contributed by atoms with van der Waals surface area (Å²) in [4.78, 5) is 12.3. The summed E-state index contributed by atoms with van der Waals surface area (Å²) in [5, 5.41) is 12.2. The summed E-state index contributed by atoms with van der Waals surface area (Å²) in [6.45, 7) is 0.499. The molecule has 130 valence electrons. The van der Waals surface area contributed by atoms with Gasteiger partial charge in [-0.25, -0.2) is 4.68 Å². The van der Waals surface area contributed by atoms with Gasteiger partial charge >= 0.3 is 0 Å². The number of benzene rings is 1. The second-order valence-corrected chi connectivity index (χ2v) is 8.15. The molecule has 3 aromatic rings. The number of methoxy groups -OCH3 is 1. The number of carbonyl (C=O) groups excluding carboxylic acids is 1. The van der Waals surface area contributed by atoms with E-state index in [1.165, 1.54) is 23.1 Å². The predicted octanol–water partition coefficient (Wildman–Crippen LogP) is 4.07. The minimum absolute atomic E-state index is 0.114. The molecule has 0 aliphatic carbocycles. The summed E-state index contributed by atoms with van der Waals surface area (Å²) in [7, 11) is 1.62. The van der Waals surface area contributed by atoms with Crippen LogP contribution in [0.4, 0.5) is 0 Å². The SMILES string of the molecule is COc1ccc(Cn2nnnc2SCC(=O)c2cc(Cl)sc2Cl)cc1. The summed E-state index contributed by atoms with van der Waals surface area (Å²) in [6.07, 6.45) is 0. The molecule has 0 N–H and O–H groups in total. The Morgan fingerprint density at radius 1 is 1.32 bits per heavy atom. The first-order valence-electron chi connectivity index (χ1n) is 7.06. The molecule has 0 bridgehead atoms. The van der Waals surface area contributed by atoms with Crippen LogP contribution < -0.4 is 4.74 Å². The number of ether oxygens (including phenoxy) is 1. The number of Topliss-reactive ketones (excluding diaryl/α,β-unsaturated/α-hetero) is 1. The van der Waals surface area contributed by atoms with E-state index < -0.39 is 0 Å². The van der Waals surface area contributed by atoms with Crippen molar-refractivity contribution in [2.24, 2.45) is 0 Å². The molecule has 1 aromatic carbocycles. The van der Waals surface area contributed by atoms with E-state index in [4.69, 9.17) is 27.9 Å². The fourth-order valence-corrected chi connectivity index (χ4v) is 4.30. The zero-order valence-corrected chi connectivity index (χ0v) is 16.1. The van der Waals surface area contributed by atoms with Gasteiger partial charge in [-0.15, -0.1) is 16.4 Å². The topological polar surface area (TPSA) is 69.9 Å². The Labute approximate surface area is 162 Å². The molecule has 0 spiro atoms. The second kappa shape index (κ2) is 8.18. The molecule has 3 rings (SSSR count). The van der Waals surface area contributed by atoms with Crippen molar-refractivity contribution in [3.05, 3.63) is 50.1 Å². The second-order valence-electron chi connectivity index (χ2n) is 4.92. The standard InChI is InChI=1S/C15H12Cl2N4O2S2/c1-23-10-4-2-9(3-5-10)7-21-15(18-19-20-21)24-8-12(22)11-6-13(16)25-14(11)17/h2-6H,7-8H2,1H3. The predicted molar refractivity (Wildman–Crippen MR) is 99.3 cm³/mol. The molecule has 0 atom stereocenters. The number of nitrogens with zero attached hydrogens (tertiary/aromatic N) is 4. The van der Waals surface area contributed by atoms with Crippen molar-refractivity contribution < 1.29 is 9.53 Å². The Kier molecular flexibility index (Phi) is 5.95. The third-order valence-corrected chi connectivity index (χ3v) is 5.72. The molecule has 0 radical (unpaired) electrons. The number of ketones is 1. The number of aromatic nitrogens is 4. The van der Waals surface area contributed by atoms with Gasteiger partial charge in [0.15, 0.2) is 5.78 Å². The van der Waals surface area contributed by atoms with E-state index in [1.807, 2.05) is 24.3 Å². The Morgan fingerprint density at radius 2 is 2.08 bits per heavy atom. The zero-order chi connectivity index (χ0) is 17.8. The van der Waals surface area contributed by atoms with Gasteiger partial charge < -0.3 is 4.74 Å². The summed E-state index contributed by atoms with van der Waals surface area (Å²) >= 11 is 14.3. The van der Waals surface area contributed by atoms with E-state index in [9.17, 15) is 4.79 Å². The van der Waals surface area contributed by atoms with Crippen molar-refractivity contribution in [1.82, 2.24) is 20.2 Å². The van der Waals surface area contributed by atoms with E-state index in [0.717, 1.165) is 11.3 Å². The van der Waals surface area contributed by atoms with Crippen molar-refractivity contribution in [1.29, 1.82) is 0 Å². The van der Waals surface area contributed by atoms with Gasteiger partial charge in [0.25, 0.3) is 0 Å². The monoisotopic (exact) mass is 414 g/mol. The van der Waals surface area contributed by atoms with Crippen LogP contribution in [0.1, 0.15) is 15.9 Å². The Morgan fingerprint density at radius 3 is 2.72 bits per heavy atom. The van der Waals surface area contributed by atoms with Crippen LogP contribution in [0.2, 0.25) is 8.67 Å². The van der Waals surface area contributed by atoms with Crippen LogP contribution in [0, 0.1) is 0 Å². The number of thiophene rings is 1. The fraction of sp³-hybridized carbons (Fsp3) is 0.200. The van der Waals surface area contributed by atoms with E-state index >= 15 is 0 Å². The van der Waals surface area contributed by atoms with Gasteiger partial charge in [-0.3, -0.25) is 4.79 Å². The van der Waals surface area contributed by atoms with Gasteiger partial charge in [0.05, 0.1) is 23.7 Å². The van der Waals surface area contributed by atoms with Gasteiger partial charge in [0, 0.05) is 5.56 Å². The Balaban J connectivity index is 1.65. The van der Waals surface area contributed by atoms with Gasteiger partial charge in [0.2, 0.25) is 5.16 Å². The lowest BCUT2D eigenvalue weighted by molar-refractivity contribution is 0.102. The molecular weight excluding hydrogens is 403 g/mol. The lowest BCUT2D eigenvalue weighted by Gasteiger charge is -2.05. The van der Waals surface area contributed by atoms with Crippen molar-refractivity contribution >= 4 is 52.1 Å². The first kappa shape index (κ1) is 18.2. The smallest absolute Gasteiger partial charge is 0.210 e. The van der Waals surface area contributed by atoms with Gasteiger partial charge in [0.1, 0.15) is 10.1 Å². The van der Waals surface area contributed by atoms with Crippen LogP contribution >= 0.6 is 46.3 Å². The molecule has 6 nitrogen and oxygen atoms in total. The maximum Gasteiger partial charge on any atom is 0.210 e. The quantitative estimate of drug-likeness (QED) is 0.428. The first-order chi connectivity index (χ1) is 12.1. The maximum absolute atomic E-state index is 12.3.